The Kier molecular flexibility index (Phi) is 6.00. The molecule has 3 aromatic rings. The Morgan fingerprint density at radius 1 is 1.18 bits per heavy atom. The molecule has 1 atom stereocenters. The lowest BCUT2D eigenvalue weighted by molar-refractivity contribution is -0.127. The minimum atomic E-state index is -0.695. The Bertz CT molecular complexity index is 968. The van der Waals surface area contributed by atoms with Crippen molar-refractivity contribution < 1.29 is 14.3 Å². The molecule has 0 fully saturated rings. The molecule has 0 saturated heterocycles. The highest BCUT2D eigenvalue weighted by molar-refractivity contribution is 5.80. The van der Waals surface area contributed by atoms with Crippen LogP contribution in [0.4, 0.5) is 0 Å². The van der Waals surface area contributed by atoms with Gasteiger partial charge in [-0.25, -0.2) is 14.3 Å². The Hall–Kier alpha value is -3.69. The second-order valence-electron chi connectivity index (χ2n) is 5.82. The Balaban J connectivity index is 1.53. The fraction of sp³-hybridized carbons (Fsp3) is 0.278. The molecule has 1 aromatic carbocycles. The largest absolute Gasteiger partial charge is 0.497 e. The van der Waals surface area contributed by atoms with E-state index in [0.717, 1.165) is 0 Å². The third-order valence-electron chi connectivity index (χ3n) is 3.87. The van der Waals surface area contributed by atoms with E-state index in [1.807, 2.05) is 0 Å². The molecule has 1 unspecified atom stereocenters. The first-order valence-corrected chi connectivity index (χ1v) is 8.58. The summed E-state index contributed by atoms with van der Waals surface area (Å²) >= 11 is 0. The van der Waals surface area contributed by atoms with Crippen molar-refractivity contribution in [3.05, 3.63) is 59.4 Å². The second-order valence-corrected chi connectivity index (χ2v) is 5.82. The van der Waals surface area contributed by atoms with Gasteiger partial charge in [-0.05, 0) is 37.3 Å². The molecule has 0 aliphatic rings. The van der Waals surface area contributed by atoms with E-state index in [0.29, 0.717) is 17.3 Å². The summed E-state index contributed by atoms with van der Waals surface area (Å²) in [6.45, 7) is 2.08. The van der Waals surface area contributed by atoms with Gasteiger partial charge in [0.15, 0.2) is 11.9 Å². The number of aromatic nitrogens is 5. The van der Waals surface area contributed by atoms with Gasteiger partial charge < -0.3 is 14.8 Å². The SMILES string of the molecule is COc1ccc(OC(C)C(=O)NCCn2nc(-n3cncn3)ccc2=O)cc1. The molecule has 3 rings (SSSR count). The molecule has 2 aromatic heterocycles. The summed E-state index contributed by atoms with van der Waals surface area (Å²) in [5.74, 6) is 1.42. The number of benzene rings is 1. The lowest BCUT2D eigenvalue weighted by Crippen LogP contribution is -2.39. The van der Waals surface area contributed by atoms with E-state index in [2.05, 4.69) is 20.5 Å². The van der Waals surface area contributed by atoms with Crippen LogP contribution in [0.1, 0.15) is 6.92 Å². The van der Waals surface area contributed by atoms with Crippen LogP contribution in [-0.2, 0) is 11.3 Å². The Morgan fingerprint density at radius 3 is 2.61 bits per heavy atom. The predicted molar refractivity (Wildman–Crippen MR) is 99.5 cm³/mol. The fourth-order valence-corrected chi connectivity index (χ4v) is 2.39. The molecular formula is C18H20N6O4. The molecule has 0 radical (unpaired) electrons. The number of methoxy groups -OCH3 is 1. The van der Waals surface area contributed by atoms with Crippen LogP contribution in [0.25, 0.3) is 5.82 Å². The summed E-state index contributed by atoms with van der Waals surface area (Å²) in [6.07, 6.45) is 2.16. The van der Waals surface area contributed by atoms with Gasteiger partial charge >= 0.3 is 0 Å². The highest BCUT2D eigenvalue weighted by Crippen LogP contribution is 2.18. The Labute approximate surface area is 160 Å². The molecule has 0 spiro atoms. The molecular weight excluding hydrogens is 364 g/mol. The van der Waals surface area contributed by atoms with Crippen LogP contribution in [0, 0.1) is 0 Å². The Morgan fingerprint density at radius 2 is 1.93 bits per heavy atom. The van der Waals surface area contributed by atoms with Crippen LogP contribution in [-0.4, -0.2) is 50.2 Å². The number of amides is 1. The summed E-state index contributed by atoms with van der Waals surface area (Å²) in [5.41, 5.74) is -0.277. The molecule has 1 N–H and O–H groups in total. The van der Waals surface area contributed by atoms with E-state index in [4.69, 9.17) is 9.47 Å². The number of carbonyl (C=O) groups excluding carboxylic acids is 1. The molecule has 0 aliphatic heterocycles. The maximum Gasteiger partial charge on any atom is 0.266 e. The van der Waals surface area contributed by atoms with Gasteiger partial charge in [0.25, 0.3) is 11.5 Å². The zero-order chi connectivity index (χ0) is 19.9. The maximum absolute atomic E-state index is 12.2. The summed E-state index contributed by atoms with van der Waals surface area (Å²) in [4.78, 5) is 28.0. The third-order valence-corrected chi connectivity index (χ3v) is 3.87. The minimum absolute atomic E-state index is 0.211. The lowest BCUT2D eigenvalue weighted by atomic mass is 10.3. The van der Waals surface area contributed by atoms with E-state index in [-0.39, 0.29) is 24.6 Å². The summed E-state index contributed by atoms with van der Waals surface area (Å²) in [5, 5.41) is 10.9. The van der Waals surface area contributed by atoms with E-state index in [9.17, 15) is 9.59 Å². The first-order valence-electron chi connectivity index (χ1n) is 8.58. The van der Waals surface area contributed by atoms with Crippen LogP contribution >= 0.6 is 0 Å². The van der Waals surface area contributed by atoms with Crippen molar-refractivity contribution in [2.45, 2.75) is 19.6 Å². The molecule has 28 heavy (non-hydrogen) atoms. The fourth-order valence-electron chi connectivity index (χ4n) is 2.39. The average Bonchev–Trinajstić information content (AvgIpc) is 3.24. The van der Waals surface area contributed by atoms with Crippen molar-refractivity contribution in [1.82, 2.24) is 29.9 Å². The molecule has 2 heterocycles. The van der Waals surface area contributed by atoms with Crippen molar-refractivity contribution in [3.8, 4) is 17.3 Å². The van der Waals surface area contributed by atoms with Gasteiger partial charge in [-0.2, -0.15) is 5.10 Å². The number of hydrogen-bond acceptors (Lipinski definition) is 7. The van der Waals surface area contributed by atoms with E-state index < -0.39 is 6.10 Å². The molecule has 0 saturated carbocycles. The first kappa shape index (κ1) is 19.1. The van der Waals surface area contributed by atoms with Gasteiger partial charge in [0.05, 0.1) is 13.7 Å². The van der Waals surface area contributed by atoms with Gasteiger partial charge in [0, 0.05) is 12.6 Å². The lowest BCUT2D eigenvalue weighted by Gasteiger charge is -2.15. The van der Waals surface area contributed by atoms with E-state index >= 15 is 0 Å². The number of rotatable bonds is 8. The molecule has 0 bridgehead atoms. The molecule has 10 nitrogen and oxygen atoms in total. The monoisotopic (exact) mass is 384 g/mol. The van der Waals surface area contributed by atoms with Gasteiger partial charge in [-0.3, -0.25) is 9.59 Å². The third kappa shape index (κ3) is 4.72. The molecule has 10 heteroatoms. The van der Waals surface area contributed by atoms with Crippen molar-refractivity contribution in [3.63, 3.8) is 0 Å². The number of nitrogens with zero attached hydrogens (tertiary/aromatic N) is 5. The topological polar surface area (TPSA) is 113 Å². The van der Waals surface area contributed by atoms with Gasteiger partial charge in [0.2, 0.25) is 0 Å². The highest BCUT2D eigenvalue weighted by atomic mass is 16.5. The van der Waals surface area contributed by atoms with Crippen molar-refractivity contribution >= 4 is 5.91 Å². The number of carbonyl (C=O) groups is 1. The van der Waals surface area contributed by atoms with Crippen LogP contribution < -0.4 is 20.3 Å². The van der Waals surface area contributed by atoms with Crippen molar-refractivity contribution in [2.24, 2.45) is 0 Å². The zero-order valence-electron chi connectivity index (χ0n) is 15.5. The number of hydrogen-bond donors (Lipinski definition) is 1. The van der Waals surface area contributed by atoms with Crippen LogP contribution in [0.5, 0.6) is 11.5 Å². The van der Waals surface area contributed by atoms with Crippen molar-refractivity contribution in [1.29, 1.82) is 0 Å². The van der Waals surface area contributed by atoms with Crippen LogP contribution in [0.2, 0.25) is 0 Å². The summed E-state index contributed by atoms with van der Waals surface area (Å²) < 4.78 is 13.4. The smallest absolute Gasteiger partial charge is 0.266 e. The summed E-state index contributed by atoms with van der Waals surface area (Å²) in [6, 6.07) is 9.89. The zero-order valence-corrected chi connectivity index (χ0v) is 15.5. The average molecular weight is 384 g/mol. The maximum atomic E-state index is 12.2. The molecule has 1 amide bonds. The standard InChI is InChI=1S/C18H20N6O4/c1-13(28-15-5-3-14(27-2)4-6-15)18(26)20-9-10-23-17(25)8-7-16(22-23)24-12-19-11-21-24/h3-8,11-13H,9-10H2,1-2H3,(H,20,26). The molecule has 0 aliphatic carbocycles. The predicted octanol–water partition coefficient (Wildman–Crippen LogP) is 0.416. The van der Waals surface area contributed by atoms with E-state index in [1.54, 1.807) is 44.4 Å². The van der Waals surface area contributed by atoms with E-state index in [1.165, 1.54) is 28.1 Å². The normalized spacial score (nSPS) is 11.6. The minimum Gasteiger partial charge on any atom is -0.497 e. The molecule has 146 valence electrons. The van der Waals surface area contributed by atoms with Gasteiger partial charge in [-0.15, -0.1) is 5.10 Å². The van der Waals surface area contributed by atoms with Gasteiger partial charge in [-0.1, -0.05) is 0 Å². The van der Waals surface area contributed by atoms with Crippen LogP contribution in [0.3, 0.4) is 0 Å². The first-order chi connectivity index (χ1) is 13.6. The van der Waals surface area contributed by atoms with Crippen molar-refractivity contribution in [2.75, 3.05) is 13.7 Å². The second kappa shape index (κ2) is 8.80. The number of nitrogens with one attached hydrogen (secondary N) is 1. The highest BCUT2D eigenvalue weighted by Gasteiger charge is 2.14. The van der Waals surface area contributed by atoms with Crippen LogP contribution in [0.15, 0.2) is 53.8 Å². The number of ether oxygens (including phenoxy) is 2. The quantitative estimate of drug-likeness (QED) is 0.599. The van der Waals surface area contributed by atoms with Gasteiger partial charge in [0.1, 0.15) is 24.2 Å². The summed E-state index contributed by atoms with van der Waals surface area (Å²) in [7, 11) is 1.58.